The molecule has 0 spiro atoms. The summed E-state index contributed by atoms with van der Waals surface area (Å²) in [6.07, 6.45) is 2.71. The Bertz CT molecular complexity index is 224. The molecule has 0 atom stereocenters. The highest BCUT2D eigenvalue weighted by atomic mass is 16.3. The van der Waals surface area contributed by atoms with Gasteiger partial charge in [0.2, 0.25) is 0 Å². The molecule has 0 saturated carbocycles. The smallest absolute Gasteiger partial charge is 0.119 e. The van der Waals surface area contributed by atoms with Gasteiger partial charge in [-0.05, 0) is 27.2 Å². The molecule has 0 unspecified atom stereocenters. The first-order valence-corrected chi connectivity index (χ1v) is 4.18. The SMILES string of the molecule is CC#CCCCC#CC(C)(C)O. The van der Waals surface area contributed by atoms with Crippen LogP contribution >= 0.6 is 0 Å². The molecule has 12 heavy (non-hydrogen) atoms. The summed E-state index contributed by atoms with van der Waals surface area (Å²) in [4.78, 5) is 0. The van der Waals surface area contributed by atoms with Gasteiger partial charge in [0, 0.05) is 12.8 Å². The topological polar surface area (TPSA) is 20.2 Å². The summed E-state index contributed by atoms with van der Waals surface area (Å²) in [7, 11) is 0. The lowest BCUT2D eigenvalue weighted by atomic mass is 10.1. The third kappa shape index (κ3) is 9.08. The fourth-order valence-corrected chi connectivity index (χ4v) is 0.669. The van der Waals surface area contributed by atoms with Crippen molar-refractivity contribution in [1.82, 2.24) is 0 Å². The van der Waals surface area contributed by atoms with Crippen LogP contribution in [-0.4, -0.2) is 10.7 Å². The molecule has 66 valence electrons. The van der Waals surface area contributed by atoms with Gasteiger partial charge in [-0.1, -0.05) is 5.92 Å². The molecule has 0 aromatic rings. The second-order valence-corrected chi connectivity index (χ2v) is 3.14. The molecular weight excluding hydrogens is 148 g/mol. The average molecular weight is 164 g/mol. The van der Waals surface area contributed by atoms with Crippen LogP contribution in [0.4, 0.5) is 0 Å². The van der Waals surface area contributed by atoms with Gasteiger partial charge in [0.05, 0.1) is 0 Å². The monoisotopic (exact) mass is 164 g/mol. The van der Waals surface area contributed by atoms with Crippen molar-refractivity contribution in [3.63, 3.8) is 0 Å². The summed E-state index contributed by atoms with van der Waals surface area (Å²) in [6, 6.07) is 0. The molecule has 0 aliphatic rings. The van der Waals surface area contributed by atoms with Crippen LogP contribution < -0.4 is 0 Å². The fraction of sp³-hybridized carbons (Fsp3) is 0.636. The Morgan fingerprint density at radius 1 is 1.17 bits per heavy atom. The largest absolute Gasteiger partial charge is 0.378 e. The Morgan fingerprint density at radius 2 is 1.75 bits per heavy atom. The van der Waals surface area contributed by atoms with Gasteiger partial charge in [-0.25, -0.2) is 0 Å². The molecule has 0 fully saturated rings. The van der Waals surface area contributed by atoms with E-state index >= 15 is 0 Å². The van der Waals surface area contributed by atoms with E-state index in [1.165, 1.54) is 0 Å². The van der Waals surface area contributed by atoms with Crippen molar-refractivity contribution in [2.24, 2.45) is 0 Å². The second-order valence-electron chi connectivity index (χ2n) is 3.14. The van der Waals surface area contributed by atoms with E-state index in [0.717, 1.165) is 19.3 Å². The molecule has 0 rings (SSSR count). The van der Waals surface area contributed by atoms with Crippen molar-refractivity contribution in [2.45, 2.75) is 45.6 Å². The number of hydrogen-bond acceptors (Lipinski definition) is 1. The van der Waals surface area contributed by atoms with Gasteiger partial charge in [-0.2, -0.15) is 0 Å². The van der Waals surface area contributed by atoms with Crippen LogP contribution in [-0.2, 0) is 0 Å². The number of rotatable bonds is 2. The molecule has 0 aliphatic carbocycles. The summed E-state index contributed by atoms with van der Waals surface area (Å²) in [5.41, 5.74) is -0.851. The minimum absolute atomic E-state index is 0.818. The van der Waals surface area contributed by atoms with E-state index in [0.29, 0.717) is 0 Å². The van der Waals surface area contributed by atoms with Crippen LogP contribution in [0.1, 0.15) is 40.0 Å². The summed E-state index contributed by atoms with van der Waals surface area (Å²) in [5, 5.41) is 9.22. The zero-order valence-electron chi connectivity index (χ0n) is 8.07. The van der Waals surface area contributed by atoms with Gasteiger partial charge in [0.15, 0.2) is 0 Å². The predicted molar refractivity (Wildman–Crippen MR) is 51.4 cm³/mol. The Hall–Kier alpha value is -0.920. The Kier molecular flexibility index (Phi) is 5.26. The lowest BCUT2D eigenvalue weighted by molar-refractivity contribution is 0.143. The van der Waals surface area contributed by atoms with Crippen molar-refractivity contribution in [3.8, 4) is 23.7 Å². The summed E-state index contributed by atoms with van der Waals surface area (Å²) in [5.74, 6) is 11.5. The molecule has 0 aliphatic heterocycles. The highest BCUT2D eigenvalue weighted by Gasteiger charge is 2.04. The lowest BCUT2D eigenvalue weighted by Gasteiger charge is -2.05. The quantitative estimate of drug-likeness (QED) is 0.488. The van der Waals surface area contributed by atoms with Crippen molar-refractivity contribution >= 4 is 0 Å². The van der Waals surface area contributed by atoms with Crippen LogP contribution in [0.15, 0.2) is 0 Å². The maximum Gasteiger partial charge on any atom is 0.119 e. The standard InChI is InChI=1S/C11H16O/c1-4-5-6-7-8-9-10-11(2,3)12/h12H,6-8H2,1-3H3. The summed E-state index contributed by atoms with van der Waals surface area (Å²) in [6.45, 7) is 5.21. The van der Waals surface area contributed by atoms with Crippen molar-refractivity contribution < 1.29 is 5.11 Å². The van der Waals surface area contributed by atoms with Crippen LogP contribution in [0.5, 0.6) is 0 Å². The first-order chi connectivity index (χ1) is 5.56. The molecule has 0 amide bonds. The van der Waals surface area contributed by atoms with E-state index in [1.807, 2.05) is 6.92 Å². The average Bonchev–Trinajstić information content (AvgIpc) is 1.94. The molecule has 0 heterocycles. The minimum atomic E-state index is -0.851. The zero-order valence-corrected chi connectivity index (χ0v) is 8.07. The van der Waals surface area contributed by atoms with Crippen molar-refractivity contribution in [3.05, 3.63) is 0 Å². The van der Waals surface area contributed by atoms with Gasteiger partial charge in [-0.3, -0.25) is 0 Å². The summed E-state index contributed by atoms with van der Waals surface area (Å²) >= 11 is 0. The lowest BCUT2D eigenvalue weighted by Crippen LogP contribution is -2.14. The normalized spacial score (nSPS) is 9.33. The van der Waals surface area contributed by atoms with Crippen LogP contribution in [0.3, 0.4) is 0 Å². The van der Waals surface area contributed by atoms with Gasteiger partial charge in [-0.15, -0.1) is 17.8 Å². The maximum atomic E-state index is 9.22. The number of hydrogen-bond donors (Lipinski definition) is 1. The molecule has 1 heteroatoms. The van der Waals surface area contributed by atoms with E-state index in [9.17, 15) is 5.11 Å². The Morgan fingerprint density at radius 3 is 2.25 bits per heavy atom. The van der Waals surface area contributed by atoms with E-state index < -0.39 is 5.60 Å². The molecule has 0 saturated heterocycles. The van der Waals surface area contributed by atoms with Gasteiger partial charge in [0.25, 0.3) is 0 Å². The molecular formula is C11H16O. The molecule has 0 radical (unpaired) electrons. The van der Waals surface area contributed by atoms with Gasteiger partial charge in [0.1, 0.15) is 5.60 Å². The Labute approximate surface area is 75.2 Å². The third-order valence-corrected chi connectivity index (χ3v) is 1.17. The second kappa shape index (κ2) is 5.70. The highest BCUT2D eigenvalue weighted by molar-refractivity contribution is 5.10. The molecule has 1 N–H and O–H groups in total. The van der Waals surface area contributed by atoms with E-state index in [4.69, 9.17) is 0 Å². The predicted octanol–water partition coefficient (Wildman–Crippen LogP) is 1.95. The fourth-order valence-electron chi connectivity index (χ4n) is 0.669. The third-order valence-electron chi connectivity index (χ3n) is 1.17. The van der Waals surface area contributed by atoms with Crippen LogP contribution in [0, 0.1) is 23.7 Å². The number of aliphatic hydroxyl groups is 1. The molecule has 1 nitrogen and oxygen atoms in total. The van der Waals surface area contributed by atoms with E-state index in [1.54, 1.807) is 13.8 Å². The number of unbranched alkanes of at least 4 members (excludes halogenated alkanes) is 2. The first kappa shape index (κ1) is 11.1. The molecule has 0 aromatic heterocycles. The van der Waals surface area contributed by atoms with Gasteiger partial charge < -0.3 is 5.11 Å². The minimum Gasteiger partial charge on any atom is -0.378 e. The van der Waals surface area contributed by atoms with Crippen molar-refractivity contribution in [1.29, 1.82) is 0 Å². The Balaban J connectivity index is 3.51. The first-order valence-electron chi connectivity index (χ1n) is 4.18. The van der Waals surface area contributed by atoms with Crippen LogP contribution in [0.25, 0.3) is 0 Å². The van der Waals surface area contributed by atoms with E-state index in [2.05, 4.69) is 23.7 Å². The van der Waals surface area contributed by atoms with Crippen LogP contribution in [0.2, 0.25) is 0 Å². The summed E-state index contributed by atoms with van der Waals surface area (Å²) < 4.78 is 0. The highest BCUT2D eigenvalue weighted by Crippen LogP contribution is 1.98. The molecule has 0 aromatic carbocycles. The van der Waals surface area contributed by atoms with Gasteiger partial charge >= 0.3 is 0 Å². The molecule has 0 bridgehead atoms. The van der Waals surface area contributed by atoms with Crippen molar-refractivity contribution in [2.75, 3.05) is 0 Å². The van der Waals surface area contributed by atoms with E-state index in [-0.39, 0.29) is 0 Å². The zero-order chi connectivity index (χ0) is 9.45. The maximum absolute atomic E-state index is 9.22.